The number of anilines is 1. The van der Waals surface area contributed by atoms with E-state index in [1.165, 1.54) is 30.5 Å². The van der Waals surface area contributed by atoms with Gasteiger partial charge >= 0.3 is 0 Å². The number of benzene rings is 2. The van der Waals surface area contributed by atoms with Crippen molar-refractivity contribution in [3.8, 4) is 0 Å². The molecular weight excluding hydrogens is 380 g/mol. The number of carbonyl (C=O) groups is 1. The molecule has 0 spiro atoms. The van der Waals surface area contributed by atoms with E-state index in [1.807, 2.05) is 18.2 Å². The first-order valence-electron chi connectivity index (χ1n) is 10.7. The van der Waals surface area contributed by atoms with Gasteiger partial charge in [0, 0.05) is 31.8 Å². The van der Waals surface area contributed by atoms with Crippen LogP contribution in [0.5, 0.6) is 0 Å². The van der Waals surface area contributed by atoms with Gasteiger partial charge in [-0.1, -0.05) is 30.3 Å². The van der Waals surface area contributed by atoms with Crippen LogP contribution in [0.1, 0.15) is 47.6 Å². The van der Waals surface area contributed by atoms with E-state index >= 15 is 0 Å². The Kier molecular flexibility index (Phi) is 6.28. The highest BCUT2D eigenvalue weighted by Crippen LogP contribution is 2.29. The highest BCUT2D eigenvalue weighted by atomic mass is 16.6. The summed E-state index contributed by atoms with van der Waals surface area (Å²) < 4.78 is 0. The second-order valence-electron chi connectivity index (χ2n) is 8.03. The summed E-state index contributed by atoms with van der Waals surface area (Å²) >= 11 is 0. The fourth-order valence-electron chi connectivity index (χ4n) is 4.52. The third-order valence-corrected chi connectivity index (χ3v) is 6.10. The van der Waals surface area contributed by atoms with Crippen LogP contribution in [0.15, 0.2) is 48.5 Å². The molecule has 2 heterocycles. The molecule has 1 atom stereocenters. The summed E-state index contributed by atoms with van der Waals surface area (Å²) in [5.74, 6) is -0.249. The van der Waals surface area contributed by atoms with E-state index in [1.54, 1.807) is 6.07 Å². The van der Waals surface area contributed by atoms with Crippen LogP contribution in [0.25, 0.3) is 0 Å². The summed E-state index contributed by atoms with van der Waals surface area (Å²) in [5.41, 5.74) is 2.30. The Morgan fingerprint density at radius 3 is 2.33 bits per heavy atom. The lowest BCUT2D eigenvalue weighted by atomic mass is 10.0. The SMILES string of the molecule is O=C(NCC(c1ccccc1)N1CCCC1)c1cc([N+](=O)[O-])ccc1N1CCCC1. The van der Waals surface area contributed by atoms with Crippen LogP contribution in [-0.4, -0.2) is 48.5 Å². The van der Waals surface area contributed by atoms with Crippen LogP contribution < -0.4 is 10.2 Å². The van der Waals surface area contributed by atoms with Gasteiger partial charge in [-0.2, -0.15) is 0 Å². The largest absolute Gasteiger partial charge is 0.371 e. The van der Waals surface area contributed by atoms with E-state index in [2.05, 4.69) is 27.2 Å². The average Bonchev–Trinajstić information content (AvgIpc) is 3.49. The van der Waals surface area contributed by atoms with Gasteiger partial charge in [0.15, 0.2) is 0 Å². The quantitative estimate of drug-likeness (QED) is 0.557. The fraction of sp³-hybridized carbons (Fsp3) is 0.435. The van der Waals surface area contributed by atoms with E-state index in [-0.39, 0.29) is 17.6 Å². The van der Waals surface area contributed by atoms with Gasteiger partial charge in [-0.05, 0) is 50.4 Å². The Morgan fingerprint density at radius 1 is 1.00 bits per heavy atom. The zero-order valence-electron chi connectivity index (χ0n) is 17.1. The van der Waals surface area contributed by atoms with Gasteiger partial charge in [0.05, 0.1) is 22.2 Å². The van der Waals surface area contributed by atoms with Gasteiger partial charge in [-0.3, -0.25) is 19.8 Å². The first kappa shape index (κ1) is 20.3. The number of likely N-dealkylation sites (tertiary alicyclic amines) is 1. The lowest BCUT2D eigenvalue weighted by Crippen LogP contribution is -2.37. The zero-order valence-corrected chi connectivity index (χ0v) is 17.1. The molecule has 1 unspecified atom stereocenters. The normalized spacial score (nSPS) is 17.8. The molecule has 0 aromatic heterocycles. The molecular formula is C23H28N4O3. The molecule has 2 aliphatic rings. The highest BCUT2D eigenvalue weighted by molar-refractivity contribution is 6.00. The second kappa shape index (κ2) is 9.26. The van der Waals surface area contributed by atoms with E-state index < -0.39 is 4.92 Å². The monoisotopic (exact) mass is 408 g/mol. The van der Waals surface area contributed by atoms with E-state index in [0.717, 1.165) is 44.7 Å². The highest BCUT2D eigenvalue weighted by Gasteiger charge is 2.26. The molecule has 7 heteroatoms. The Hall–Kier alpha value is -2.93. The average molecular weight is 409 g/mol. The van der Waals surface area contributed by atoms with Gasteiger partial charge < -0.3 is 10.2 Å². The number of non-ortho nitro benzene ring substituents is 1. The maximum atomic E-state index is 13.2. The minimum Gasteiger partial charge on any atom is -0.371 e. The summed E-state index contributed by atoms with van der Waals surface area (Å²) in [6.07, 6.45) is 4.48. The summed E-state index contributed by atoms with van der Waals surface area (Å²) in [7, 11) is 0. The fourth-order valence-corrected chi connectivity index (χ4v) is 4.52. The topological polar surface area (TPSA) is 78.7 Å². The van der Waals surface area contributed by atoms with Crippen molar-refractivity contribution in [2.75, 3.05) is 37.6 Å². The number of amides is 1. The molecule has 1 amide bonds. The Balaban J connectivity index is 1.56. The maximum Gasteiger partial charge on any atom is 0.270 e. The molecule has 7 nitrogen and oxygen atoms in total. The van der Waals surface area contributed by atoms with Crippen molar-refractivity contribution in [3.05, 3.63) is 69.8 Å². The molecule has 0 aliphatic carbocycles. The van der Waals surface area contributed by atoms with Gasteiger partial charge in [0.25, 0.3) is 11.6 Å². The zero-order chi connectivity index (χ0) is 20.9. The first-order chi connectivity index (χ1) is 14.6. The van der Waals surface area contributed by atoms with Crippen LogP contribution in [0.2, 0.25) is 0 Å². The summed E-state index contributed by atoms with van der Waals surface area (Å²) in [6, 6.07) is 14.9. The summed E-state index contributed by atoms with van der Waals surface area (Å²) in [6.45, 7) is 4.26. The summed E-state index contributed by atoms with van der Waals surface area (Å²) in [4.78, 5) is 28.6. The predicted molar refractivity (Wildman–Crippen MR) is 117 cm³/mol. The van der Waals surface area contributed by atoms with E-state index in [9.17, 15) is 14.9 Å². The van der Waals surface area contributed by atoms with Crippen molar-refractivity contribution < 1.29 is 9.72 Å². The van der Waals surface area contributed by atoms with E-state index in [4.69, 9.17) is 0 Å². The molecule has 2 aromatic rings. The maximum absolute atomic E-state index is 13.2. The van der Waals surface area contributed by atoms with E-state index in [0.29, 0.717) is 12.1 Å². The Labute approximate surface area is 176 Å². The molecule has 2 aromatic carbocycles. The molecule has 2 fully saturated rings. The molecule has 2 aliphatic heterocycles. The smallest absolute Gasteiger partial charge is 0.270 e. The third kappa shape index (κ3) is 4.46. The lowest BCUT2D eigenvalue weighted by molar-refractivity contribution is -0.384. The van der Waals surface area contributed by atoms with Gasteiger partial charge in [-0.25, -0.2) is 0 Å². The predicted octanol–water partition coefficient (Wildman–Crippen LogP) is 3.76. The van der Waals surface area contributed by atoms with Crippen LogP contribution in [-0.2, 0) is 0 Å². The molecule has 30 heavy (non-hydrogen) atoms. The van der Waals surface area contributed by atoms with Crippen molar-refractivity contribution >= 4 is 17.3 Å². The van der Waals surface area contributed by atoms with Gasteiger partial charge in [-0.15, -0.1) is 0 Å². The van der Waals surface area contributed by atoms with Crippen molar-refractivity contribution in [3.63, 3.8) is 0 Å². The lowest BCUT2D eigenvalue weighted by Gasteiger charge is -2.28. The molecule has 0 bridgehead atoms. The standard InChI is InChI=1S/C23H28N4O3/c28-23(20-16-19(27(29)30)10-11-21(20)25-12-4-5-13-25)24-17-22(26-14-6-7-15-26)18-8-2-1-3-9-18/h1-3,8-11,16,22H,4-7,12-15,17H2,(H,24,28). The summed E-state index contributed by atoms with van der Waals surface area (Å²) in [5, 5.41) is 14.4. The van der Waals surface area contributed by atoms with Gasteiger partial charge in [0.2, 0.25) is 0 Å². The van der Waals surface area contributed by atoms with Crippen molar-refractivity contribution in [2.24, 2.45) is 0 Å². The van der Waals surface area contributed by atoms with Crippen LogP contribution >= 0.6 is 0 Å². The molecule has 158 valence electrons. The van der Waals surface area contributed by atoms with Crippen molar-refractivity contribution in [2.45, 2.75) is 31.7 Å². The number of nitro groups is 1. The number of rotatable bonds is 7. The van der Waals surface area contributed by atoms with Crippen LogP contribution in [0.4, 0.5) is 11.4 Å². The third-order valence-electron chi connectivity index (χ3n) is 6.10. The minimum absolute atomic E-state index is 0.0535. The van der Waals surface area contributed by atoms with Crippen molar-refractivity contribution in [1.82, 2.24) is 10.2 Å². The molecule has 1 N–H and O–H groups in total. The molecule has 4 rings (SSSR count). The van der Waals surface area contributed by atoms with Crippen molar-refractivity contribution in [1.29, 1.82) is 0 Å². The Bertz CT molecular complexity index is 891. The molecule has 2 saturated heterocycles. The number of hydrogen-bond donors (Lipinski definition) is 1. The van der Waals surface area contributed by atoms with Gasteiger partial charge in [0.1, 0.15) is 0 Å². The molecule has 0 radical (unpaired) electrons. The molecule has 0 saturated carbocycles. The number of carbonyl (C=O) groups excluding carboxylic acids is 1. The Morgan fingerprint density at radius 2 is 1.67 bits per heavy atom. The first-order valence-corrected chi connectivity index (χ1v) is 10.7. The number of nitro benzene ring substituents is 1. The number of hydrogen-bond acceptors (Lipinski definition) is 5. The van der Waals surface area contributed by atoms with Crippen LogP contribution in [0.3, 0.4) is 0 Å². The van der Waals surface area contributed by atoms with Crippen LogP contribution in [0, 0.1) is 10.1 Å². The number of nitrogens with zero attached hydrogens (tertiary/aromatic N) is 3. The number of nitrogens with one attached hydrogen (secondary N) is 1. The minimum atomic E-state index is -0.443. The second-order valence-corrected chi connectivity index (χ2v) is 8.03.